The third-order valence-corrected chi connectivity index (χ3v) is 9.09. The summed E-state index contributed by atoms with van der Waals surface area (Å²) in [4.78, 5) is -0.564. The van der Waals surface area contributed by atoms with E-state index in [1.165, 1.54) is 18.2 Å². The Morgan fingerprint density at radius 3 is 2.07 bits per heavy atom. The number of hydrogen-bond acceptors (Lipinski definition) is 6. The van der Waals surface area contributed by atoms with Crippen molar-refractivity contribution in [2.45, 2.75) is 9.79 Å². The molecule has 0 saturated heterocycles. The van der Waals surface area contributed by atoms with Crippen LogP contribution in [0.3, 0.4) is 0 Å². The molecule has 0 aliphatic carbocycles. The third kappa shape index (κ3) is 4.52. The molecule has 0 radical (unpaired) electrons. The van der Waals surface area contributed by atoms with Crippen LogP contribution in [0, 0.1) is 10.7 Å². The second-order valence-corrected chi connectivity index (χ2v) is 11.6. The summed E-state index contributed by atoms with van der Waals surface area (Å²) in [6, 6.07) is 13.2. The fourth-order valence-electron chi connectivity index (χ4n) is 2.34. The molecule has 0 amide bonds. The predicted molar refractivity (Wildman–Crippen MR) is 124 cm³/mol. The summed E-state index contributed by atoms with van der Waals surface area (Å²) in [5, 5.41) is 1.59. The Hall–Kier alpha value is -0.230. The van der Waals surface area contributed by atoms with E-state index in [1.807, 2.05) is 34.7 Å². The number of benzene rings is 3. The first-order chi connectivity index (χ1) is 12.5. The smallest absolute Gasteiger partial charge is 0.339 e. The Labute approximate surface area is 197 Å². The van der Waals surface area contributed by atoms with Gasteiger partial charge in [0.05, 0.1) is 12.0 Å². The second kappa shape index (κ2) is 7.89. The minimum absolute atomic E-state index is 0.0664. The van der Waals surface area contributed by atoms with Crippen LogP contribution in [-0.2, 0) is 20.2 Å². The van der Waals surface area contributed by atoms with Crippen molar-refractivity contribution in [3.05, 3.63) is 59.2 Å². The van der Waals surface area contributed by atoms with E-state index in [1.54, 1.807) is 63.4 Å². The van der Waals surface area contributed by atoms with Crippen LogP contribution < -0.4 is 4.18 Å². The summed E-state index contributed by atoms with van der Waals surface area (Å²) >= 11 is 5.17. The van der Waals surface area contributed by atoms with Crippen LogP contribution in [0.4, 0.5) is 0 Å². The van der Waals surface area contributed by atoms with Gasteiger partial charge in [-0.05, 0) is 96.7 Å². The lowest BCUT2D eigenvalue weighted by Crippen LogP contribution is -2.14. The summed E-state index contributed by atoms with van der Waals surface area (Å²) < 4.78 is 65.9. The van der Waals surface area contributed by atoms with Crippen molar-refractivity contribution < 1.29 is 25.6 Å². The molecule has 3 rings (SSSR count). The molecule has 142 valence electrons. The first-order valence-electron chi connectivity index (χ1n) is 7.07. The molecule has 27 heavy (non-hydrogen) atoms. The van der Waals surface area contributed by atoms with Gasteiger partial charge >= 0.3 is 10.1 Å². The second-order valence-electron chi connectivity index (χ2n) is 5.31. The molecule has 0 atom stereocenters. The largest absolute Gasteiger partial charge is 0.744 e. The lowest BCUT2D eigenvalue weighted by molar-refractivity contribution is 0.457. The summed E-state index contributed by atoms with van der Waals surface area (Å²) in [5.74, 6) is -0.181. The molecule has 3 aromatic carbocycles. The molecule has 0 fully saturated rings. The van der Waals surface area contributed by atoms with Gasteiger partial charge in [0, 0.05) is 3.57 Å². The number of rotatable bonds is 4. The Morgan fingerprint density at radius 2 is 1.44 bits per heavy atom. The highest BCUT2D eigenvalue weighted by molar-refractivity contribution is 14.1. The molecule has 11 heteroatoms. The fourth-order valence-corrected chi connectivity index (χ4v) is 9.45. The van der Waals surface area contributed by atoms with E-state index in [-0.39, 0.29) is 17.8 Å². The molecule has 0 aliphatic heterocycles. The molecule has 0 unspecified atom stereocenters. The van der Waals surface area contributed by atoms with Crippen molar-refractivity contribution in [2.24, 2.45) is 0 Å². The molecule has 0 saturated carbocycles. The van der Waals surface area contributed by atoms with Crippen LogP contribution >= 0.6 is 67.8 Å². The van der Waals surface area contributed by atoms with E-state index in [9.17, 15) is 21.4 Å². The molecular weight excluding hydrogens is 733 g/mol. The minimum Gasteiger partial charge on any atom is -0.744 e. The topological polar surface area (TPSA) is 101 Å². The standard InChI is InChI=1S/C16H9I3O6S2/c17-12-8-13(18)16(26(20,21)22)14(19)15(12)25-27(23,24)11-6-5-9-3-1-2-4-10(9)7-11/h1-8H,(H,20,21,22)/p-1. The van der Waals surface area contributed by atoms with Crippen molar-refractivity contribution in [3.8, 4) is 5.75 Å². The first-order valence-corrected chi connectivity index (χ1v) is 13.1. The Bertz CT molecular complexity index is 1270. The van der Waals surface area contributed by atoms with E-state index in [0.29, 0.717) is 3.57 Å². The molecule has 6 nitrogen and oxygen atoms in total. The average Bonchev–Trinajstić information content (AvgIpc) is 2.56. The van der Waals surface area contributed by atoms with Crippen molar-refractivity contribution in [1.82, 2.24) is 0 Å². The number of halogens is 3. The first kappa shape index (κ1) is 21.5. The van der Waals surface area contributed by atoms with Crippen molar-refractivity contribution in [2.75, 3.05) is 0 Å². The van der Waals surface area contributed by atoms with Gasteiger partial charge in [-0.15, -0.1) is 0 Å². The third-order valence-electron chi connectivity index (χ3n) is 3.54. The number of fused-ring (bicyclic) bond motifs is 1. The van der Waals surface area contributed by atoms with Gasteiger partial charge in [-0.25, -0.2) is 8.42 Å². The Kier molecular flexibility index (Phi) is 6.28. The van der Waals surface area contributed by atoms with Gasteiger partial charge in [0.2, 0.25) is 0 Å². The van der Waals surface area contributed by atoms with Crippen molar-refractivity contribution in [3.63, 3.8) is 0 Å². The highest BCUT2D eigenvalue weighted by Gasteiger charge is 2.25. The zero-order chi connectivity index (χ0) is 20.0. The van der Waals surface area contributed by atoms with Crippen molar-refractivity contribution >= 4 is 98.8 Å². The lowest BCUT2D eigenvalue weighted by Gasteiger charge is -2.17. The monoisotopic (exact) mass is 741 g/mol. The maximum Gasteiger partial charge on any atom is 0.339 e. The SMILES string of the molecule is O=S(=O)([O-])c1c(I)cc(I)c(OS(=O)(=O)c2ccc3ccccc3c2)c1I. The molecule has 0 aromatic heterocycles. The van der Waals surface area contributed by atoms with Crippen LogP contribution in [0.15, 0.2) is 58.3 Å². The van der Waals surface area contributed by atoms with Gasteiger partial charge in [-0.3, -0.25) is 0 Å². The van der Waals surface area contributed by atoms with E-state index in [0.717, 1.165) is 10.8 Å². The van der Waals surface area contributed by atoms with Gasteiger partial charge in [-0.1, -0.05) is 30.3 Å². The summed E-state index contributed by atoms with van der Waals surface area (Å²) in [6.45, 7) is 0. The molecule has 0 N–H and O–H groups in total. The van der Waals surface area contributed by atoms with Crippen LogP contribution in [-0.4, -0.2) is 21.4 Å². The molecule has 0 heterocycles. The van der Waals surface area contributed by atoms with E-state index < -0.39 is 25.1 Å². The molecule has 0 spiro atoms. The normalized spacial score (nSPS) is 12.3. The van der Waals surface area contributed by atoms with Crippen LogP contribution in [0.2, 0.25) is 0 Å². The average molecular weight is 741 g/mol. The number of hydrogen-bond donors (Lipinski definition) is 0. The maximum atomic E-state index is 12.7. The quantitative estimate of drug-likeness (QED) is 0.225. The van der Waals surface area contributed by atoms with Gasteiger partial charge in [0.25, 0.3) is 0 Å². The summed E-state index contributed by atoms with van der Waals surface area (Å²) in [7, 11) is -9.03. The maximum absolute atomic E-state index is 12.7. The van der Waals surface area contributed by atoms with Crippen molar-refractivity contribution in [1.29, 1.82) is 0 Å². The molecule has 0 aliphatic rings. The van der Waals surface area contributed by atoms with E-state index >= 15 is 0 Å². The molecule has 3 aromatic rings. The fraction of sp³-hybridized carbons (Fsp3) is 0. The van der Waals surface area contributed by atoms with Crippen LogP contribution in [0.25, 0.3) is 10.8 Å². The zero-order valence-corrected chi connectivity index (χ0v) is 21.1. The van der Waals surface area contributed by atoms with E-state index in [4.69, 9.17) is 4.18 Å². The zero-order valence-electron chi connectivity index (χ0n) is 13.0. The van der Waals surface area contributed by atoms with Crippen LogP contribution in [0.1, 0.15) is 0 Å². The minimum atomic E-state index is -4.80. The summed E-state index contributed by atoms with van der Waals surface area (Å²) in [5.41, 5.74) is 0. The lowest BCUT2D eigenvalue weighted by atomic mass is 10.1. The van der Waals surface area contributed by atoms with Crippen LogP contribution in [0.5, 0.6) is 5.75 Å². The predicted octanol–water partition coefficient (Wildman–Crippen LogP) is 4.33. The highest BCUT2D eigenvalue weighted by atomic mass is 127. The van der Waals surface area contributed by atoms with Gasteiger partial charge < -0.3 is 8.74 Å². The van der Waals surface area contributed by atoms with Gasteiger partial charge in [0.1, 0.15) is 15.0 Å². The Morgan fingerprint density at radius 1 is 0.815 bits per heavy atom. The molecular formula is C16H8I3O6S2-. The van der Waals surface area contributed by atoms with E-state index in [2.05, 4.69) is 0 Å². The Balaban J connectivity index is 2.13. The van der Waals surface area contributed by atoms with Gasteiger partial charge in [0.15, 0.2) is 5.75 Å². The molecule has 0 bridgehead atoms. The van der Waals surface area contributed by atoms with Gasteiger partial charge in [-0.2, -0.15) is 8.42 Å². The highest BCUT2D eigenvalue weighted by Crippen LogP contribution is 2.37. The summed E-state index contributed by atoms with van der Waals surface area (Å²) in [6.07, 6.45) is 0.